The zero-order chi connectivity index (χ0) is 21.1. The molecule has 0 bridgehead atoms. The number of rotatable bonds is 7. The van der Waals surface area contributed by atoms with Crippen LogP contribution in [0.1, 0.15) is 23.8 Å². The van der Waals surface area contributed by atoms with Crippen molar-refractivity contribution in [3.05, 3.63) is 88.7 Å². The van der Waals surface area contributed by atoms with Crippen LogP contribution in [0.5, 0.6) is 5.75 Å². The molecule has 0 spiro atoms. The van der Waals surface area contributed by atoms with Crippen molar-refractivity contribution in [1.82, 2.24) is 0 Å². The molecule has 0 unspecified atom stereocenters. The number of carbonyl (C=O) groups excluding carboxylic acids is 2. The number of amides is 2. The van der Waals surface area contributed by atoms with E-state index in [0.717, 1.165) is 16.9 Å². The number of carbonyl (C=O) groups is 2. The zero-order valence-corrected chi connectivity index (χ0v) is 17.6. The highest BCUT2D eigenvalue weighted by Crippen LogP contribution is 2.40. The molecule has 0 radical (unpaired) electrons. The number of thioether (sulfide) groups is 1. The minimum absolute atomic E-state index is 0.333. The Hall–Kier alpha value is -3.25. The Morgan fingerprint density at radius 2 is 1.80 bits per heavy atom. The van der Waals surface area contributed by atoms with E-state index in [1.54, 1.807) is 36.6 Å². The molecule has 2 heterocycles. The van der Waals surface area contributed by atoms with Gasteiger partial charge < -0.3 is 9.15 Å². The SMILES string of the molecule is CCOc1cccc(N2C(=O)C(SCc3ccco3)=C(c3ccc(C)cc3)C2=O)c1. The predicted octanol–water partition coefficient (Wildman–Crippen LogP) is 5.20. The maximum Gasteiger partial charge on any atom is 0.272 e. The van der Waals surface area contributed by atoms with E-state index in [1.807, 2.05) is 44.2 Å². The van der Waals surface area contributed by atoms with E-state index in [1.165, 1.54) is 16.7 Å². The molecule has 0 N–H and O–H groups in total. The van der Waals surface area contributed by atoms with Gasteiger partial charge in [0.05, 0.1) is 34.8 Å². The van der Waals surface area contributed by atoms with Gasteiger partial charge in [0.1, 0.15) is 11.5 Å². The number of hydrogen-bond donors (Lipinski definition) is 0. The van der Waals surface area contributed by atoms with Crippen molar-refractivity contribution < 1.29 is 18.7 Å². The summed E-state index contributed by atoms with van der Waals surface area (Å²) in [5.74, 6) is 1.15. The van der Waals surface area contributed by atoms with Gasteiger partial charge in [0.25, 0.3) is 11.8 Å². The lowest BCUT2D eigenvalue weighted by Crippen LogP contribution is -2.31. The van der Waals surface area contributed by atoms with Crippen LogP contribution in [0, 0.1) is 6.92 Å². The lowest BCUT2D eigenvalue weighted by molar-refractivity contribution is -0.119. The number of furan rings is 1. The van der Waals surface area contributed by atoms with Gasteiger partial charge in [-0.25, -0.2) is 4.90 Å². The molecule has 0 atom stereocenters. The van der Waals surface area contributed by atoms with Crippen molar-refractivity contribution in [3.63, 3.8) is 0 Å². The molecule has 152 valence electrons. The third-order valence-corrected chi connectivity index (χ3v) is 5.80. The minimum atomic E-state index is -0.334. The van der Waals surface area contributed by atoms with E-state index >= 15 is 0 Å². The summed E-state index contributed by atoms with van der Waals surface area (Å²) in [6.07, 6.45) is 1.60. The monoisotopic (exact) mass is 419 g/mol. The lowest BCUT2D eigenvalue weighted by atomic mass is 10.0. The molecule has 0 aliphatic carbocycles. The standard InChI is InChI=1S/C24H21NO4S/c1-3-28-19-7-4-6-18(14-19)25-23(26)21(17-11-9-16(2)10-12-17)22(24(25)27)30-15-20-8-5-13-29-20/h4-14H,3,15H2,1-2H3. The maximum atomic E-state index is 13.4. The average Bonchev–Trinajstić information content (AvgIpc) is 3.34. The molecule has 1 aromatic heterocycles. The van der Waals surface area contributed by atoms with Crippen LogP contribution in [0.15, 0.2) is 76.2 Å². The Bertz CT molecular complexity index is 1100. The third kappa shape index (κ3) is 3.91. The van der Waals surface area contributed by atoms with Gasteiger partial charge in [-0.1, -0.05) is 35.9 Å². The lowest BCUT2D eigenvalue weighted by Gasteiger charge is -2.16. The fourth-order valence-corrected chi connectivity index (χ4v) is 4.29. The Morgan fingerprint density at radius 3 is 2.50 bits per heavy atom. The molecule has 1 aliphatic heterocycles. The summed E-state index contributed by atoms with van der Waals surface area (Å²) in [5, 5.41) is 0. The molecule has 3 aromatic rings. The van der Waals surface area contributed by atoms with E-state index in [2.05, 4.69) is 0 Å². The normalized spacial score (nSPS) is 14.0. The molecule has 4 rings (SSSR count). The minimum Gasteiger partial charge on any atom is -0.494 e. The van der Waals surface area contributed by atoms with Crippen LogP contribution >= 0.6 is 11.8 Å². The first-order chi connectivity index (χ1) is 14.6. The second kappa shape index (κ2) is 8.63. The molecule has 6 heteroatoms. The Morgan fingerprint density at radius 1 is 1.00 bits per heavy atom. The number of imide groups is 1. The average molecular weight is 420 g/mol. The molecule has 0 fully saturated rings. The fourth-order valence-electron chi connectivity index (χ4n) is 3.27. The summed E-state index contributed by atoms with van der Waals surface area (Å²) in [6, 6.07) is 18.3. The molecule has 2 aromatic carbocycles. The van der Waals surface area contributed by atoms with E-state index in [4.69, 9.17) is 9.15 Å². The second-order valence-corrected chi connectivity index (χ2v) is 7.80. The highest BCUT2D eigenvalue weighted by Gasteiger charge is 2.40. The molecule has 2 amide bonds. The molecule has 5 nitrogen and oxygen atoms in total. The van der Waals surface area contributed by atoms with Crippen molar-refractivity contribution in [2.75, 3.05) is 11.5 Å². The van der Waals surface area contributed by atoms with Gasteiger partial charge >= 0.3 is 0 Å². The van der Waals surface area contributed by atoms with Crippen molar-refractivity contribution in [2.45, 2.75) is 19.6 Å². The Kier molecular flexibility index (Phi) is 5.77. The van der Waals surface area contributed by atoms with E-state index in [-0.39, 0.29) is 11.8 Å². The molecule has 0 saturated carbocycles. The van der Waals surface area contributed by atoms with Crippen LogP contribution < -0.4 is 9.64 Å². The van der Waals surface area contributed by atoms with Crippen LogP contribution in [0.4, 0.5) is 5.69 Å². The van der Waals surface area contributed by atoms with Gasteiger partial charge in [-0.05, 0) is 43.7 Å². The van der Waals surface area contributed by atoms with Crippen LogP contribution in [-0.2, 0) is 15.3 Å². The maximum absolute atomic E-state index is 13.4. The van der Waals surface area contributed by atoms with Crippen LogP contribution in [0.3, 0.4) is 0 Å². The van der Waals surface area contributed by atoms with Gasteiger partial charge in [0.15, 0.2) is 0 Å². The highest BCUT2D eigenvalue weighted by atomic mass is 32.2. The quantitative estimate of drug-likeness (QED) is 0.492. The summed E-state index contributed by atoms with van der Waals surface area (Å²) in [5.41, 5.74) is 2.72. The fraction of sp³-hybridized carbons (Fsp3) is 0.167. The molecule has 30 heavy (non-hydrogen) atoms. The summed E-state index contributed by atoms with van der Waals surface area (Å²) < 4.78 is 10.9. The van der Waals surface area contributed by atoms with E-state index in [9.17, 15) is 9.59 Å². The Labute approximate surface area is 179 Å². The van der Waals surface area contributed by atoms with E-state index in [0.29, 0.717) is 34.3 Å². The molecular weight excluding hydrogens is 398 g/mol. The first-order valence-corrected chi connectivity index (χ1v) is 10.6. The van der Waals surface area contributed by atoms with Crippen molar-refractivity contribution in [1.29, 1.82) is 0 Å². The van der Waals surface area contributed by atoms with Gasteiger partial charge in [-0.2, -0.15) is 0 Å². The summed E-state index contributed by atoms with van der Waals surface area (Å²) in [4.78, 5) is 28.4. The summed E-state index contributed by atoms with van der Waals surface area (Å²) in [7, 11) is 0. The van der Waals surface area contributed by atoms with Crippen LogP contribution in [-0.4, -0.2) is 18.4 Å². The number of ether oxygens (including phenoxy) is 1. The predicted molar refractivity (Wildman–Crippen MR) is 118 cm³/mol. The van der Waals surface area contributed by atoms with Gasteiger partial charge in [-0.3, -0.25) is 9.59 Å². The third-order valence-electron chi connectivity index (χ3n) is 4.71. The smallest absolute Gasteiger partial charge is 0.272 e. The van der Waals surface area contributed by atoms with Crippen LogP contribution in [0.2, 0.25) is 0 Å². The van der Waals surface area contributed by atoms with Gasteiger partial charge in [-0.15, -0.1) is 11.8 Å². The second-order valence-electron chi connectivity index (χ2n) is 6.81. The zero-order valence-electron chi connectivity index (χ0n) is 16.8. The molecular formula is C24H21NO4S. The Balaban J connectivity index is 1.73. The van der Waals surface area contributed by atoms with E-state index < -0.39 is 0 Å². The number of aryl methyl sites for hydroxylation is 1. The topological polar surface area (TPSA) is 59.8 Å². The summed E-state index contributed by atoms with van der Waals surface area (Å²) >= 11 is 1.32. The largest absolute Gasteiger partial charge is 0.494 e. The summed E-state index contributed by atoms with van der Waals surface area (Å²) in [6.45, 7) is 4.37. The number of hydrogen-bond acceptors (Lipinski definition) is 5. The number of benzene rings is 2. The first-order valence-electron chi connectivity index (χ1n) is 9.66. The van der Waals surface area contributed by atoms with Crippen molar-refractivity contribution in [3.8, 4) is 5.75 Å². The molecule has 1 aliphatic rings. The van der Waals surface area contributed by atoms with Crippen molar-refractivity contribution >= 4 is 34.8 Å². The van der Waals surface area contributed by atoms with Gasteiger partial charge in [0, 0.05) is 6.07 Å². The number of nitrogens with zero attached hydrogens (tertiary/aromatic N) is 1. The first kappa shape index (κ1) is 20.0. The van der Waals surface area contributed by atoms with Crippen molar-refractivity contribution in [2.24, 2.45) is 0 Å². The van der Waals surface area contributed by atoms with Gasteiger partial charge in [0.2, 0.25) is 0 Å². The number of anilines is 1. The van der Waals surface area contributed by atoms with Crippen LogP contribution in [0.25, 0.3) is 5.57 Å². The highest BCUT2D eigenvalue weighted by molar-refractivity contribution is 8.03. The molecule has 0 saturated heterocycles.